The number of carbonyl (C=O) groups is 1. The monoisotopic (exact) mass is 421 g/mol. The molecule has 10 heteroatoms. The van der Waals surface area contributed by atoms with E-state index in [-0.39, 0.29) is 5.56 Å². The zero-order valence-electron chi connectivity index (χ0n) is 14.8. The fourth-order valence-electron chi connectivity index (χ4n) is 2.80. The molecular weight excluding hydrogens is 407 g/mol. The number of hydrogen-bond acceptors (Lipinski definition) is 6. The van der Waals surface area contributed by atoms with Crippen molar-refractivity contribution in [2.24, 2.45) is 0 Å². The molecule has 1 aromatic carbocycles. The smallest absolute Gasteiger partial charge is 0.422 e. The van der Waals surface area contributed by atoms with Gasteiger partial charge in [0.2, 0.25) is 5.88 Å². The van der Waals surface area contributed by atoms with Crippen molar-refractivity contribution in [1.82, 2.24) is 9.97 Å². The highest BCUT2D eigenvalue weighted by molar-refractivity contribution is 7.14. The second-order valence-electron chi connectivity index (χ2n) is 6.17. The Morgan fingerprint density at radius 3 is 3.00 bits per heavy atom. The maximum Gasteiger partial charge on any atom is 0.422 e. The third kappa shape index (κ3) is 4.48. The van der Waals surface area contributed by atoms with Crippen LogP contribution in [0.25, 0.3) is 11.3 Å². The molecule has 0 saturated heterocycles. The van der Waals surface area contributed by atoms with Crippen molar-refractivity contribution in [3.8, 4) is 22.9 Å². The molecule has 1 N–H and O–H groups in total. The van der Waals surface area contributed by atoms with Crippen molar-refractivity contribution in [3.05, 3.63) is 53.0 Å². The minimum absolute atomic E-state index is 0.108. The average Bonchev–Trinajstić information content (AvgIpc) is 3.34. The van der Waals surface area contributed by atoms with Gasteiger partial charge in [-0.3, -0.25) is 10.1 Å². The van der Waals surface area contributed by atoms with Gasteiger partial charge < -0.3 is 9.47 Å². The summed E-state index contributed by atoms with van der Waals surface area (Å²) in [5.41, 5.74) is 2.56. The van der Waals surface area contributed by atoms with Crippen molar-refractivity contribution < 1.29 is 27.4 Å². The molecule has 3 heterocycles. The number of nitrogens with zero attached hydrogens (tertiary/aromatic N) is 2. The molecule has 0 radical (unpaired) electrons. The van der Waals surface area contributed by atoms with E-state index in [2.05, 4.69) is 20.0 Å². The first kappa shape index (κ1) is 19.2. The summed E-state index contributed by atoms with van der Waals surface area (Å²) in [6, 6.07) is 8.54. The van der Waals surface area contributed by atoms with Crippen molar-refractivity contribution in [1.29, 1.82) is 0 Å². The van der Waals surface area contributed by atoms with Crippen LogP contribution < -0.4 is 14.8 Å². The van der Waals surface area contributed by atoms with Crippen LogP contribution in [0.5, 0.6) is 11.6 Å². The molecule has 0 saturated carbocycles. The number of anilines is 1. The minimum atomic E-state index is -4.53. The van der Waals surface area contributed by atoms with Crippen molar-refractivity contribution in [3.63, 3.8) is 0 Å². The number of pyridine rings is 1. The normalized spacial score (nSPS) is 12.9. The maximum atomic E-state index is 12.5. The number of alkyl halides is 3. The number of halogens is 3. The van der Waals surface area contributed by atoms with Crippen LogP contribution in [0.3, 0.4) is 0 Å². The van der Waals surface area contributed by atoms with Crippen LogP contribution in [0, 0.1) is 0 Å². The van der Waals surface area contributed by atoms with Crippen LogP contribution in [0.1, 0.15) is 15.9 Å². The lowest BCUT2D eigenvalue weighted by Gasteiger charge is -2.11. The molecule has 0 atom stereocenters. The molecule has 29 heavy (non-hydrogen) atoms. The lowest BCUT2D eigenvalue weighted by molar-refractivity contribution is -0.154. The van der Waals surface area contributed by atoms with Gasteiger partial charge >= 0.3 is 6.18 Å². The summed E-state index contributed by atoms with van der Waals surface area (Å²) >= 11 is 1.21. The Bertz CT molecular complexity index is 1050. The molecule has 4 rings (SSSR count). The van der Waals surface area contributed by atoms with Crippen molar-refractivity contribution in [2.75, 3.05) is 18.5 Å². The lowest BCUT2D eigenvalue weighted by atomic mass is 10.1. The third-order valence-corrected chi connectivity index (χ3v) is 4.86. The van der Waals surface area contributed by atoms with E-state index < -0.39 is 24.6 Å². The minimum Gasteiger partial charge on any atom is -0.493 e. The van der Waals surface area contributed by atoms with Crippen LogP contribution in [0.4, 0.5) is 18.3 Å². The standard InChI is InChI=1S/C19H14F3N3O3S/c20-19(21,22)10-28-17-13(2-1-6-23-17)16(26)25-18-24-14(9-29-18)11-3-4-15-12(8-11)5-7-27-15/h1-4,6,8-9H,5,7,10H2,(H,24,25,26). The predicted molar refractivity (Wildman–Crippen MR) is 100 cm³/mol. The van der Waals surface area contributed by atoms with E-state index in [4.69, 9.17) is 4.74 Å². The number of amides is 1. The van der Waals surface area contributed by atoms with Gasteiger partial charge in [-0.15, -0.1) is 11.3 Å². The summed E-state index contributed by atoms with van der Waals surface area (Å²) in [4.78, 5) is 20.6. The first-order valence-corrected chi connectivity index (χ1v) is 9.44. The number of nitrogens with one attached hydrogen (secondary N) is 1. The number of fused-ring (bicyclic) bond motifs is 1. The van der Waals surface area contributed by atoms with Crippen molar-refractivity contribution in [2.45, 2.75) is 12.6 Å². The van der Waals surface area contributed by atoms with Crippen LogP contribution in [0.2, 0.25) is 0 Å². The van der Waals surface area contributed by atoms with Gasteiger partial charge in [-0.25, -0.2) is 9.97 Å². The molecule has 1 aliphatic heterocycles. The van der Waals surface area contributed by atoms with Gasteiger partial charge in [0.15, 0.2) is 11.7 Å². The lowest BCUT2D eigenvalue weighted by Crippen LogP contribution is -2.21. The zero-order chi connectivity index (χ0) is 20.4. The van der Waals surface area contributed by atoms with Gasteiger partial charge in [0.1, 0.15) is 11.3 Å². The van der Waals surface area contributed by atoms with E-state index in [0.29, 0.717) is 17.4 Å². The number of thiazole rings is 1. The summed E-state index contributed by atoms with van der Waals surface area (Å²) < 4.78 is 47.3. The number of aromatic nitrogens is 2. The largest absolute Gasteiger partial charge is 0.493 e. The summed E-state index contributed by atoms with van der Waals surface area (Å²) in [6.07, 6.45) is -2.45. The van der Waals surface area contributed by atoms with Crippen LogP contribution >= 0.6 is 11.3 Å². The number of hydrogen-bond donors (Lipinski definition) is 1. The molecule has 0 bridgehead atoms. The molecule has 0 fully saturated rings. The number of rotatable bonds is 5. The molecule has 3 aromatic rings. The van der Waals surface area contributed by atoms with Gasteiger partial charge in [-0.05, 0) is 35.9 Å². The first-order valence-electron chi connectivity index (χ1n) is 8.56. The van der Waals surface area contributed by atoms with Gasteiger partial charge in [-0.2, -0.15) is 13.2 Å². The molecule has 1 amide bonds. The quantitative estimate of drug-likeness (QED) is 0.664. The Labute approximate surface area is 167 Å². The molecule has 0 spiro atoms. The van der Waals surface area contributed by atoms with Crippen LogP contribution in [-0.4, -0.2) is 35.3 Å². The van der Waals surface area contributed by atoms with Gasteiger partial charge in [0.25, 0.3) is 5.91 Å². The maximum absolute atomic E-state index is 12.5. The summed E-state index contributed by atoms with van der Waals surface area (Å²) in [5, 5.41) is 4.68. The fraction of sp³-hybridized carbons (Fsp3) is 0.211. The fourth-order valence-corrected chi connectivity index (χ4v) is 3.52. The molecule has 0 unspecified atom stereocenters. The zero-order valence-corrected chi connectivity index (χ0v) is 15.6. The predicted octanol–water partition coefficient (Wildman–Crippen LogP) is 4.33. The van der Waals surface area contributed by atoms with E-state index in [1.807, 2.05) is 18.2 Å². The average molecular weight is 421 g/mol. The highest BCUT2D eigenvalue weighted by Crippen LogP contribution is 2.32. The highest BCUT2D eigenvalue weighted by atomic mass is 32.1. The number of carbonyl (C=O) groups excluding carboxylic acids is 1. The molecule has 2 aromatic heterocycles. The van der Waals surface area contributed by atoms with Crippen LogP contribution in [-0.2, 0) is 6.42 Å². The second-order valence-corrected chi connectivity index (χ2v) is 7.03. The van der Waals surface area contributed by atoms with Gasteiger partial charge in [0, 0.05) is 23.6 Å². The second kappa shape index (κ2) is 7.70. The van der Waals surface area contributed by atoms with E-state index >= 15 is 0 Å². The van der Waals surface area contributed by atoms with E-state index in [1.54, 1.807) is 5.38 Å². The Morgan fingerprint density at radius 2 is 2.17 bits per heavy atom. The number of ether oxygens (including phenoxy) is 2. The topological polar surface area (TPSA) is 73.3 Å². The Hall–Kier alpha value is -3.14. The SMILES string of the molecule is O=C(Nc1nc(-c2ccc3c(c2)CCO3)cs1)c1cccnc1OCC(F)(F)F. The third-order valence-electron chi connectivity index (χ3n) is 4.10. The molecule has 150 valence electrons. The Kier molecular flexibility index (Phi) is 5.10. The molecular formula is C19H14F3N3O3S. The summed E-state index contributed by atoms with van der Waals surface area (Å²) in [6.45, 7) is -0.880. The molecule has 6 nitrogen and oxygen atoms in total. The van der Waals surface area contributed by atoms with Crippen LogP contribution in [0.15, 0.2) is 41.9 Å². The van der Waals surface area contributed by atoms with Gasteiger partial charge in [-0.1, -0.05) is 0 Å². The number of benzene rings is 1. The van der Waals surface area contributed by atoms with E-state index in [9.17, 15) is 18.0 Å². The van der Waals surface area contributed by atoms with E-state index in [1.165, 1.54) is 29.7 Å². The highest BCUT2D eigenvalue weighted by Gasteiger charge is 2.29. The Morgan fingerprint density at radius 1 is 1.31 bits per heavy atom. The van der Waals surface area contributed by atoms with E-state index in [0.717, 1.165) is 23.3 Å². The first-order chi connectivity index (χ1) is 13.9. The Balaban J connectivity index is 1.49. The summed E-state index contributed by atoms with van der Waals surface area (Å²) in [5.74, 6) is -0.184. The van der Waals surface area contributed by atoms with Gasteiger partial charge in [0.05, 0.1) is 12.3 Å². The van der Waals surface area contributed by atoms with Crippen molar-refractivity contribution >= 4 is 22.4 Å². The summed E-state index contributed by atoms with van der Waals surface area (Å²) in [7, 11) is 0. The molecule has 1 aliphatic rings. The molecule has 0 aliphatic carbocycles.